The maximum Gasteiger partial charge on any atom is 0.220 e. The smallest absolute Gasteiger partial charge is 0.220 e. The lowest BCUT2D eigenvalue weighted by Gasteiger charge is -2.22. The van der Waals surface area contributed by atoms with Gasteiger partial charge in [0.1, 0.15) is 0 Å². The van der Waals surface area contributed by atoms with E-state index in [1.165, 1.54) is 148 Å². The molecule has 0 aromatic rings. The first-order chi connectivity index (χ1) is 21.7. The fraction of sp³-hybridized carbons (Fsp3) is 0.875. The van der Waals surface area contributed by atoms with Crippen LogP contribution < -0.4 is 5.32 Å². The van der Waals surface area contributed by atoms with E-state index in [4.69, 9.17) is 0 Å². The SMILES string of the molecule is CCCCCCC/C=C/CCCC[C@@H](O)[C@H](CO)NC(=O)CCCCCCCCCCCCC/C=C/CCCCCCCC. The van der Waals surface area contributed by atoms with Crippen LogP contribution in [0, 0.1) is 0 Å². The summed E-state index contributed by atoms with van der Waals surface area (Å²) in [6.07, 6.45) is 45.3. The molecule has 0 saturated heterocycles. The molecule has 0 fully saturated rings. The lowest BCUT2D eigenvalue weighted by atomic mass is 10.0. The summed E-state index contributed by atoms with van der Waals surface area (Å²) in [6, 6.07) is -0.549. The van der Waals surface area contributed by atoms with E-state index in [9.17, 15) is 15.0 Å². The Labute approximate surface area is 275 Å². The Morgan fingerprint density at radius 3 is 1.25 bits per heavy atom. The van der Waals surface area contributed by atoms with Crippen LogP contribution in [-0.4, -0.2) is 34.9 Å². The zero-order valence-corrected chi connectivity index (χ0v) is 29.7. The van der Waals surface area contributed by atoms with Crippen molar-refractivity contribution in [3.63, 3.8) is 0 Å². The van der Waals surface area contributed by atoms with Crippen molar-refractivity contribution in [2.75, 3.05) is 6.61 Å². The van der Waals surface area contributed by atoms with Gasteiger partial charge in [0.25, 0.3) is 0 Å². The third-order valence-electron chi connectivity index (χ3n) is 8.93. The highest BCUT2D eigenvalue weighted by Gasteiger charge is 2.19. The van der Waals surface area contributed by atoms with Gasteiger partial charge in [0.05, 0.1) is 18.8 Å². The number of rotatable bonds is 35. The molecule has 0 aromatic heterocycles. The molecule has 0 aromatic carbocycles. The molecule has 0 heterocycles. The van der Waals surface area contributed by atoms with Gasteiger partial charge in [-0.3, -0.25) is 4.79 Å². The van der Waals surface area contributed by atoms with Crippen LogP contribution in [0.25, 0.3) is 0 Å². The molecule has 3 N–H and O–H groups in total. The normalized spacial score (nSPS) is 13.3. The van der Waals surface area contributed by atoms with Crippen LogP contribution >= 0.6 is 0 Å². The standard InChI is InChI=1S/C40H77NO3/c1-3-5-7-9-11-13-15-16-17-18-19-20-21-22-23-24-26-28-30-32-34-36-40(44)41-38(37-42)39(43)35-33-31-29-27-25-14-12-10-8-6-4-2/h16-17,25,27,38-39,42-43H,3-15,18-24,26,28-37H2,1-2H3,(H,41,44)/b17-16+,27-25+/t38-,39+/m0/s1. The molecule has 4 nitrogen and oxygen atoms in total. The van der Waals surface area contributed by atoms with Crippen molar-refractivity contribution in [2.24, 2.45) is 0 Å². The molecule has 0 spiro atoms. The summed E-state index contributed by atoms with van der Waals surface area (Å²) in [7, 11) is 0. The largest absolute Gasteiger partial charge is 0.394 e. The summed E-state index contributed by atoms with van der Waals surface area (Å²) < 4.78 is 0. The molecule has 2 atom stereocenters. The van der Waals surface area contributed by atoms with Gasteiger partial charge in [-0.05, 0) is 64.2 Å². The number of carbonyl (C=O) groups is 1. The zero-order chi connectivity index (χ0) is 32.2. The topological polar surface area (TPSA) is 69.6 Å². The van der Waals surface area contributed by atoms with E-state index in [1.54, 1.807) is 0 Å². The third-order valence-corrected chi connectivity index (χ3v) is 8.93. The minimum absolute atomic E-state index is 0.0433. The molecule has 0 saturated carbocycles. The fourth-order valence-electron chi connectivity index (χ4n) is 5.88. The van der Waals surface area contributed by atoms with Gasteiger partial charge in [-0.25, -0.2) is 0 Å². The number of nitrogens with one attached hydrogen (secondary N) is 1. The number of allylic oxidation sites excluding steroid dienone is 4. The first kappa shape index (κ1) is 42.9. The summed E-state index contributed by atoms with van der Waals surface area (Å²) >= 11 is 0. The zero-order valence-electron chi connectivity index (χ0n) is 29.7. The number of hydrogen-bond donors (Lipinski definition) is 3. The number of unbranched alkanes of at least 4 members (excludes halogenated alkanes) is 24. The van der Waals surface area contributed by atoms with Crippen molar-refractivity contribution in [3.05, 3.63) is 24.3 Å². The van der Waals surface area contributed by atoms with Gasteiger partial charge in [-0.15, -0.1) is 0 Å². The van der Waals surface area contributed by atoms with Gasteiger partial charge in [-0.1, -0.05) is 160 Å². The van der Waals surface area contributed by atoms with E-state index >= 15 is 0 Å². The summed E-state index contributed by atoms with van der Waals surface area (Å²) in [6.45, 7) is 4.32. The molecule has 0 aliphatic rings. The molecular formula is C40H77NO3. The monoisotopic (exact) mass is 620 g/mol. The molecule has 0 unspecified atom stereocenters. The number of carbonyl (C=O) groups excluding carboxylic acids is 1. The van der Waals surface area contributed by atoms with Crippen molar-refractivity contribution >= 4 is 5.91 Å². The van der Waals surface area contributed by atoms with Gasteiger partial charge >= 0.3 is 0 Å². The van der Waals surface area contributed by atoms with Crippen LogP contribution in [0.15, 0.2) is 24.3 Å². The Morgan fingerprint density at radius 1 is 0.523 bits per heavy atom. The van der Waals surface area contributed by atoms with Crippen molar-refractivity contribution in [2.45, 2.75) is 219 Å². The lowest BCUT2D eigenvalue weighted by molar-refractivity contribution is -0.123. The fourth-order valence-corrected chi connectivity index (χ4v) is 5.88. The second kappa shape index (κ2) is 36.3. The number of hydrogen-bond acceptors (Lipinski definition) is 3. The van der Waals surface area contributed by atoms with E-state index in [-0.39, 0.29) is 12.5 Å². The molecule has 0 aliphatic carbocycles. The summed E-state index contributed by atoms with van der Waals surface area (Å²) in [5.74, 6) is -0.0433. The Balaban J connectivity index is 3.53. The number of amides is 1. The average molecular weight is 620 g/mol. The summed E-state index contributed by atoms with van der Waals surface area (Å²) in [5.41, 5.74) is 0. The maximum absolute atomic E-state index is 12.3. The maximum atomic E-state index is 12.3. The van der Waals surface area contributed by atoms with Gasteiger partial charge in [-0.2, -0.15) is 0 Å². The van der Waals surface area contributed by atoms with Crippen LogP contribution in [0.4, 0.5) is 0 Å². The minimum atomic E-state index is -0.678. The Morgan fingerprint density at radius 2 is 0.864 bits per heavy atom. The first-order valence-corrected chi connectivity index (χ1v) is 19.5. The van der Waals surface area contributed by atoms with Crippen molar-refractivity contribution < 1.29 is 15.0 Å². The van der Waals surface area contributed by atoms with Crippen LogP contribution in [0.3, 0.4) is 0 Å². The summed E-state index contributed by atoms with van der Waals surface area (Å²) in [5, 5.41) is 23.0. The second-order valence-corrected chi connectivity index (χ2v) is 13.3. The van der Waals surface area contributed by atoms with E-state index in [0.717, 1.165) is 32.1 Å². The van der Waals surface area contributed by atoms with E-state index in [1.807, 2.05) is 0 Å². The Bertz CT molecular complexity index is 632. The molecule has 44 heavy (non-hydrogen) atoms. The van der Waals surface area contributed by atoms with Crippen LogP contribution in [0.2, 0.25) is 0 Å². The molecule has 0 radical (unpaired) electrons. The molecule has 0 bridgehead atoms. The predicted octanol–water partition coefficient (Wildman–Crippen LogP) is 11.7. The van der Waals surface area contributed by atoms with Crippen LogP contribution in [0.5, 0.6) is 0 Å². The minimum Gasteiger partial charge on any atom is -0.394 e. The van der Waals surface area contributed by atoms with E-state index < -0.39 is 12.1 Å². The quantitative estimate of drug-likeness (QED) is 0.0488. The molecule has 260 valence electrons. The van der Waals surface area contributed by atoms with Gasteiger partial charge in [0, 0.05) is 6.42 Å². The van der Waals surface area contributed by atoms with E-state index in [0.29, 0.717) is 12.8 Å². The van der Waals surface area contributed by atoms with Gasteiger partial charge in [0.2, 0.25) is 5.91 Å². The first-order valence-electron chi connectivity index (χ1n) is 19.5. The van der Waals surface area contributed by atoms with Gasteiger partial charge in [0.15, 0.2) is 0 Å². The molecule has 0 aliphatic heterocycles. The Hall–Kier alpha value is -1.13. The van der Waals surface area contributed by atoms with E-state index in [2.05, 4.69) is 43.5 Å². The van der Waals surface area contributed by atoms with Crippen molar-refractivity contribution in [1.29, 1.82) is 0 Å². The highest BCUT2D eigenvalue weighted by molar-refractivity contribution is 5.76. The average Bonchev–Trinajstić information content (AvgIpc) is 3.03. The highest BCUT2D eigenvalue weighted by Crippen LogP contribution is 2.14. The van der Waals surface area contributed by atoms with Gasteiger partial charge < -0.3 is 15.5 Å². The number of aliphatic hydroxyl groups is 2. The Kier molecular flexibility index (Phi) is 35.4. The molecule has 0 rings (SSSR count). The van der Waals surface area contributed by atoms with Crippen LogP contribution in [-0.2, 0) is 4.79 Å². The molecule has 4 heteroatoms. The van der Waals surface area contributed by atoms with Crippen molar-refractivity contribution in [1.82, 2.24) is 5.32 Å². The molecule has 1 amide bonds. The van der Waals surface area contributed by atoms with Crippen molar-refractivity contribution in [3.8, 4) is 0 Å². The molecular weight excluding hydrogens is 542 g/mol. The van der Waals surface area contributed by atoms with Crippen LogP contribution in [0.1, 0.15) is 206 Å². The predicted molar refractivity (Wildman–Crippen MR) is 193 cm³/mol. The number of aliphatic hydroxyl groups excluding tert-OH is 2. The second-order valence-electron chi connectivity index (χ2n) is 13.3. The third kappa shape index (κ3) is 32.3. The summed E-state index contributed by atoms with van der Waals surface area (Å²) in [4.78, 5) is 12.3. The highest BCUT2D eigenvalue weighted by atomic mass is 16.3. The lowest BCUT2D eigenvalue weighted by Crippen LogP contribution is -2.45.